The van der Waals surface area contributed by atoms with Crippen LogP contribution in [0.4, 0.5) is 5.69 Å². The number of halogens is 1. The van der Waals surface area contributed by atoms with Gasteiger partial charge in [-0.25, -0.2) is 0 Å². The summed E-state index contributed by atoms with van der Waals surface area (Å²) in [4.78, 5) is 0. The van der Waals surface area contributed by atoms with Crippen molar-refractivity contribution >= 4 is 27.3 Å². The molecular weight excluding hydrogens is 392 g/mol. The molecule has 2 aromatic rings. The van der Waals surface area contributed by atoms with Gasteiger partial charge in [0, 0.05) is 21.8 Å². The Balaban J connectivity index is 1.59. The second-order valence-electron chi connectivity index (χ2n) is 7.13. The largest absolute Gasteiger partial charge is 0.454 e. The van der Waals surface area contributed by atoms with Gasteiger partial charge in [-0.1, -0.05) is 34.1 Å². The van der Waals surface area contributed by atoms with Crippen molar-refractivity contribution in [1.82, 2.24) is 0 Å². The van der Waals surface area contributed by atoms with E-state index in [9.17, 15) is 0 Å². The highest BCUT2D eigenvalue weighted by molar-refractivity contribution is 9.10. The minimum absolute atomic E-state index is 0.193. The molecular formula is C21H19BrN2O2. The van der Waals surface area contributed by atoms with Crippen molar-refractivity contribution in [2.45, 2.75) is 25.3 Å². The maximum absolute atomic E-state index is 7.94. The fourth-order valence-corrected chi connectivity index (χ4v) is 4.88. The number of benzene rings is 2. The summed E-state index contributed by atoms with van der Waals surface area (Å²) in [6.07, 6.45) is 5.64. The molecule has 4 nitrogen and oxygen atoms in total. The molecule has 3 atom stereocenters. The van der Waals surface area contributed by atoms with E-state index in [1.807, 2.05) is 19.1 Å². The van der Waals surface area contributed by atoms with Gasteiger partial charge in [0.15, 0.2) is 11.5 Å². The lowest BCUT2D eigenvalue weighted by atomic mass is 9.76. The number of nitrogens with one attached hydrogen (secondary N) is 2. The van der Waals surface area contributed by atoms with Crippen molar-refractivity contribution in [2.24, 2.45) is 5.92 Å². The van der Waals surface area contributed by atoms with Crippen molar-refractivity contribution in [2.75, 3.05) is 12.1 Å². The molecule has 0 bridgehead atoms. The van der Waals surface area contributed by atoms with Gasteiger partial charge in [0.1, 0.15) is 0 Å². The molecule has 1 aliphatic carbocycles. The van der Waals surface area contributed by atoms with Crippen LogP contribution < -0.4 is 14.8 Å². The van der Waals surface area contributed by atoms with E-state index in [4.69, 9.17) is 14.9 Å². The summed E-state index contributed by atoms with van der Waals surface area (Å²) in [6, 6.07) is 10.6. The number of ether oxygens (including phenoxy) is 2. The highest BCUT2D eigenvalue weighted by atomic mass is 79.9. The van der Waals surface area contributed by atoms with Crippen LogP contribution in [-0.2, 0) is 0 Å². The van der Waals surface area contributed by atoms with E-state index in [1.165, 1.54) is 11.1 Å². The molecule has 2 aromatic carbocycles. The lowest BCUT2D eigenvalue weighted by Gasteiger charge is -2.38. The van der Waals surface area contributed by atoms with Gasteiger partial charge in [0.05, 0.1) is 6.04 Å². The Bertz CT molecular complexity index is 953. The van der Waals surface area contributed by atoms with Crippen LogP contribution in [0.1, 0.15) is 42.0 Å². The molecule has 0 radical (unpaired) electrons. The fourth-order valence-electron chi connectivity index (χ4n) is 4.31. The zero-order valence-electron chi connectivity index (χ0n) is 14.4. The van der Waals surface area contributed by atoms with E-state index >= 15 is 0 Å². The van der Waals surface area contributed by atoms with Crippen LogP contribution in [0.5, 0.6) is 11.5 Å². The monoisotopic (exact) mass is 410 g/mol. The molecule has 132 valence electrons. The summed E-state index contributed by atoms with van der Waals surface area (Å²) in [5.41, 5.74) is 5.24. The minimum atomic E-state index is 0.193. The quantitative estimate of drug-likeness (QED) is 0.515. The van der Waals surface area contributed by atoms with Crippen LogP contribution in [-0.4, -0.2) is 12.5 Å². The smallest absolute Gasteiger partial charge is 0.231 e. The molecule has 5 rings (SSSR count). The summed E-state index contributed by atoms with van der Waals surface area (Å²) >= 11 is 3.73. The van der Waals surface area contributed by atoms with E-state index in [0.29, 0.717) is 17.5 Å². The van der Waals surface area contributed by atoms with Gasteiger partial charge in [-0.3, -0.25) is 0 Å². The Kier molecular flexibility index (Phi) is 3.60. The predicted molar refractivity (Wildman–Crippen MR) is 106 cm³/mol. The van der Waals surface area contributed by atoms with Gasteiger partial charge in [0.2, 0.25) is 6.79 Å². The maximum atomic E-state index is 7.94. The second-order valence-corrected chi connectivity index (χ2v) is 7.98. The van der Waals surface area contributed by atoms with Crippen molar-refractivity contribution in [3.8, 4) is 11.5 Å². The average Bonchev–Trinajstić information content (AvgIpc) is 3.29. The van der Waals surface area contributed by atoms with E-state index in [0.717, 1.165) is 33.6 Å². The van der Waals surface area contributed by atoms with Gasteiger partial charge in [0.25, 0.3) is 0 Å². The molecule has 5 heteroatoms. The summed E-state index contributed by atoms with van der Waals surface area (Å²) < 4.78 is 12.1. The summed E-state index contributed by atoms with van der Waals surface area (Å²) in [7, 11) is 0. The van der Waals surface area contributed by atoms with Crippen molar-refractivity contribution in [3.05, 3.63) is 63.6 Å². The molecule has 0 saturated carbocycles. The molecule has 0 amide bonds. The van der Waals surface area contributed by atoms with E-state index < -0.39 is 0 Å². The average molecular weight is 411 g/mol. The first-order valence-corrected chi connectivity index (χ1v) is 9.63. The maximum Gasteiger partial charge on any atom is 0.231 e. The first kappa shape index (κ1) is 15.9. The highest BCUT2D eigenvalue weighted by Crippen LogP contribution is 2.52. The second kappa shape index (κ2) is 5.88. The van der Waals surface area contributed by atoms with Crippen LogP contribution in [0.3, 0.4) is 0 Å². The Morgan fingerprint density at radius 1 is 1.15 bits per heavy atom. The lowest BCUT2D eigenvalue weighted by molar-refractivity contribution is 0.174. The Morgan fingerprint density at radius 3 is 2.77 bits per heavy atom. The zero-order chi connectivity index (χ0) is 17.8. The number of fused-ring (bicyclic) bond motifs is 4. The molecule has 2 aliphatic heterocycles. The molecule has 0 saturated heterocycles. The zero-order valence-corrected chi connectivity index (χ0v) is 16.0. The predicted octanol–water partition coefficient (Wildman–Crippen LogP) is 5.39. The summed E-state index contributed by atoms with van der Waals surface area (Å²) in [5.74, 6) is 2.42. The molecule has 2 N–H and O–H groups in total. The third kappa shape index (κ3) is 2.37. The molecule has 2 heterocycles. The van der Waals surface area contributed by atoms with Gasteiger partial charge in [-0.15, -0.1) is 0 Å². The number of hydrogen-bond donors (Lipinski definition) is 2. The topological polar surface area (TPSA) is 54.3 Å². The molecule has 26 heavy (non-hydrogen) atoms. The Morgan fingerprint density at radius 2 is 1.96 bits per heavy atom. The normalized spacial score (nSPS) is 24.8. The minimum Gasteiger partial charge on any atom is -0.454 e. The number of allylic oxidation sites excluding steroid dienone is 2. The third-order valence-electron chi connectivity index (χ3n) is 5.62. The third-order valence-corrected chi connectivity index (χ3v) is 6.31. The first-order valence-electron chi connectivity index (χ1n) is 8.83. The van der Waals surface area contributed by atoms with Gasteiger partial charge in [-0.05, 0) is 60.2 Å². The lowest BCUT2D eigenvalue weighted by Crippen LogP contribution is -2.29. The molecule has 0 fully saturated rings. The van der Waals surface area contributed by atoms with Crippen LogP contribution in [0.2, 0.25) is 0 Å². The Hall–Kier alpha value is -2.27. The van der Waals surface area contributed by atoms with Gasteiger partial charge in [-0.2, -0.15) is 0 Å². The van der Waals surface area contributed by atoms with Gasteiger partial charge >= 0.3 is 0 Å². The fraction of sp³-hybridized carbons (Fsp3) is 0.286. The van der Waals surface area contributed by atoms with E-state index in [2.05, 4.69) is 51.6 Å². The van der Waals surface area contributed by atoms with Gasteiger partial charge < -0.3 is 20.2 Å². The molecule has 0 unspecified atom stereocenters. The standard InChI is InChI=1S/C21H19BrN2O2/c1-11(23)12-5-6-18-15(7-12)13-3-2-4-14(13)21(24-18)16-8-19-20(9-17(16)22)26-10-25-19/h2-3,5-9,13-14,21,23-24H,4,10H2,1H3/t13-,14+,21-/m1/s1. The first-order chi connectivity index (χ1) is 12.6. The number of anilines is 1. The van der Waals surface area contributed by atoms with Crippen molar-refractivity contribution in [1.29, 1.82) is 5.41 Å². The molecule has 3 aliphatic rings. The van der Waals surface area contributed by atoms with Crippen LogP contribution in [0.25, 0.3) is 0 Å². The Labute approximate surface area is 160 Å². The number of hydrogen-bond acceptors (Lipinski definition) is 4. The van der Waals surface area contributed by atoms with Crippen LogP contribution in [0, 0.1) is 11.3 Å². The SMILES string of the molecule is CC(=N)c1ccc2c(c1)[C@@H]1C=CC[C@@H]1[C@H](c1cc3c(cc1Br)OCO3)N2. The van der Waals surface area contributed by atoms with Crippen LogP contribution in [0.15, 0.2) is 47.0 Å². The molecule has 0 spiro atoms. The number of rotatable bonds is 2. The van der Waals surface area contributed by atoms with Crippen LogP contribution >= 0.6 is 15.9 Å². The van der Waals surface area contributed by atoms with Crippen molar-refractivity contribution in [3.63, 3.8) is 0 Å². The summed E-state index contributed by atoms with van der Waals surface area (Å²) in [6.45, 7) is 2.12. The van der Waals surface area contributed by atoms with E-state index in [1.54, 1.807) is 0 Å². The highest BCUT2D eigenvalue weighted by Gasteiger charge is 2.39. The van der Waals surface area contributed by atoms with E-state index in [-0.39, 0.29) is 12.8 Å². The molecule has 0 aromatic heterocycles. The van der Waals surface area contributed by atoms with Crippen molar-refractivity contribution < 1.29 is 9.47 Å². The summed E-state index contributed by atoms with van der Waals surface area (Å²) in [5, 5.41) is 11.7.